The summed E-state index contributed by atoms with van der Waals surface area (Å²) in [6.45, 7) is 7.26. The highest BCUT2D eigenvalue weighted by atomic mass is 32.2. The van der Waals surface area contributed by atoms with E-state index < -0.39 is 20.0 Å². The van der Waals surface area contributed by atoms with E-state index in [2.05, 4.69) is 20.4 Å². The van der Waals surface area contributed by atoms with E-state index in [-0.39, 0.29) is 36.0 Å². The first-order chi connectivity index (χ1) is 12.6. The van der Waals surface area contributed by atoms with E-state index in [4.69, 9.17) is 0 Å². The van der Waals surface area contributed by atoms with Gasteiger partial charge in [-0.25, -0.2) is 16.8 Å². The van der Waals surface area contributed by atoms with Crippen LogP contribution in [-0.4, -0.2) is 72.0 Å². The zero-order valence-electron chi connectivity index (χ0n) is 15.8. The number of nitrogens with zero attached hydrogens (tertiary/aromatic N) is 4. The minimum atomic E-state index is -3.74. The maximum Gasteiger partial charge on any atom is 0.246 e. The first kappa shape index (κ1) is 20.0. The van der Waals surface area contributed by atoms with Crippen molar-refractivity contribution in [3.8, 4) is 0 Å². The smallest absolute Gasteiger partial charge is 0.246 e. The van der Waals surface area contributed by atoms with Crippen LogP contribution in [0.3, 0.4) is 0 Å². The van der Waals surface area contributed by atoms with Gasteiger partial charge in [-0.15, -0.1) is 0 Å². The van der Waals surface area contributed by atoms with Gasteiger partial charge in [0.15, 0.2) is 0 Å². The van der Waals surface area contributed by atoms with E-state index >= 15 is 0 Å². The number of hydrogen-bond acceptors (Lipinski definition) is 6. The molecule has 0 spiro atoms. The average molecular weight is 417 g/mol. The van der Waals surface area contributed by atoms with Crippen LogP contribution < -0.4 is 0 Å². The Kier molecular flexibility index (Phi) is 5.18. The van der Waals surface area contributed by atoms with Gasteiger partial charge in [-0.1, -0.05) is 0 Å². The van der Waals surface area contributed by atoms with Crippen LogP contribution in [-0.2, 0) is 20.0 Å². The molecular weight excluding hydrogens is 392 g/mol. The number of H-pyrrole nitrogens is 2. The van der Waals surface area contributed by atoms with Crippen LogP contribution in [0.4, 0.5) is 0 Å². The summed E-state index contributed by atoms with van der Waals surface area (Å²) in [7, 11) is -7.49. The Morgan fingerprint density at radius 3 is 1.37 bits per heavy atom. The van der Waals surface area contributed by atoms with Gasteiger partial charge >= 0.3 is 0 Å². The third-order valence-electron chi connectivity index (χ3n) is 4.73. The number of sulfonamides is 2. The molecule has 0 bridgehead atoms. The van der Waals surface area contributed by atoms with Gasteiger partial charge < -0.3 is 0 Å². The summed E-state index contributed by atoms with van der Waals surface area (Å²) >= 11 is 0. The minimum Gasteiger partial charge on any atom is -0.281 e. The Bertz CT molecular complexity index is 931. The molecular formula is C15H24N6O4S2. The van der Waals surface area contributed by atoms with Gasteiger partial charge in [0.05, 0.1) is 22.8 Å². The molecule has 0 saturated carbocycles. The maximum absolute atomic E-state index is 13.0. The standard InChI is InChI=1S/C15H24N6O4S2/c1-10-14(11(2)17-16-10)26(22,23)20-6-5-7-21(9-8-20)27(24,25)15-12(3)18-19-13(15)4/h5-9H2,1-4H3,(H,16,17)(H,18,19). The number of aromatic amines is 2. The molecule has 0 radical (unpaired) electrons. The molecule has 0 aromatic carbocycles. The zero-order chi connectivity index (χ0) is 20.0. The molecule has 1 fully saturated rings. The molecule has 0 aliphatic carbocycles. The quantitative estimate of drug-likeness (QED) is 0.744. The van der Waals surface area contributed by atoms with E-state index in [1.54, 1.807) is 27.7 Å². The van der Waals surface area contributed by atoms with Crippen LogP contribution in [0.2, 0.25) is 0 Å². The van der Waals surface area contributed by atoms with E-state index in [0.29, 0.717) is 29.2 Å². The molecule has 2 N–H and O–H groups in total. The predicted molar refractivity (Wildman–Crippen MR) is 98.3 cm³/mol. The lowest BCUT2D eigenvalue weighted by Crippen LogP contribution is -2.37. The number of aryl methyl sites for hydroxylation is 4. The Morgan fingerprint density at radius 1 is 0.704 bits per heavy atom. The summed E-state index contributed by atoms with van der Waals surface area (Å²) in [4.78, 5) is 0.334. The van der Waals surface area contributed by atoms with Gasteiger partial charge in [0.1, 0.15) is 9.79 Å². The third-order valence-corrected chi connectivity index (χ3v) is 9.06. The van der Waals surface area contributed by atoms with Crippen molar-refractivity contribution in [1.82, 2.24) is 29.0 Å². The van der Waals surface area contributed by atoms with Gasteiger partial charge in [0.25, 0.3) is 0 Å². The Morgan fingerprint density at radius 2 is 1.07 bits per heavy atom. The maximum atomic E-state index is 13.0. The van der Waals surface area contributed by atoms with Gasteiger partial charge in [-0.2, -0.15) is 18.8 Å². The Hall–Kier alpha value is -1.76. The molecule has 0 atom stereocenters. The Balaban J connectivity index is 1.86. The molecule has 10 nitrogen and oxygen atoms in total. The SMILES string of the molecule is Cc1n[nH]c(C)c1S(=O)(=O)N1CCCN(S(=O)(=O)c2c(C)n[nH]c2C)CC1. The molecule has 3 rings (SSSR count). The van der Waals surface area contributed by atoms with E-state index in [1.807, 2.05) is 0 Å². The number of nitrogens with one attached hydrogen (secondary N) is 2. The monoisotopic (exact) mass is 416 g/mol. The van der Waals surface area contributed by atoms with Crippen molar-refractivity contribution in [2.24, 2.45) is 0 Å². The molecule has 0 amide bonds. The van der Waals surface area contributed by atoms with Crippen LogP contribution in [0, 0.1) is 27.7 Å². The molecule has 27 heavy (non-hydrogen) atoms. The van der Waals surface area contributed by atoms with Crippen molar-refractivity contribution in [3.63, 3.8) is 0 Å². The van der Waals surface area contributed by atoms with Gasteiger partial charge in [-0.05, 0) is 34.1 Å². The first-order valence-electron chi connectivity index (χ1n) is 8.60. The molecule has 2 aromatic heterocycles. The normalized spacial score (nSPS) is 17.9. The van der Waals surface area contributed by atoms with Crippen molar-refractivity contribution in [2.75, 3.05) is 26.2 Å². The highest BCUT2D eigenvalue weighted by Crippen LogP contribution is 2.26. The van der Waals surface area contributed by atoms with Gasteiger partial charge in [-0.3, -0.25) is 10.2 Å². The molecule has 150 valence electrons. The highest BCUT2D eigenvalue weighted by Gasteiger charge is 2.35. The predicted octanol–water partition coefficient (Wildman–Crippen LogP) is 0.452. The minimum absolute atomic E-state index is 0.0849. The van der Waals surface area contributed by atoms with Crippen molar-refractivity contribution in [3.05, 3.63) is 22.8 Å². The lowest BCUT2D eigenvalue weighted by atomic mass is 10.4. The lowest BCUT2D eigenvalue weighted by molar-refractivity contribution is 0.404. The fraction of sp³-hybridized carbons (Fsp3) is 0.600. The van der Waals surface area contributed by atoms with Crippen LogP contribution in [0.15, 0.2) is 9.79 Å². The van der Waals surface area contributed by atoms with Gasteiger partial charge in [0, 0.05) is 26.2 Å². The topological polar surface area (TPSA) is 132 Å². The summed E-state index contributed by atoms with van der Waals surface area (Å²) in [5.74, 6) is 0. The first-order valence-corrected chi connectivity index (χ1v) is 11.5. The average Bonchev–Trinajstić information content (AvgIpc) is 2.98. The largest absolute Gasteiger partial charge is 0.281 e. The summed E-state index contributed by atoms with van der Waals surface area (Å²) in [6, 6.07) is 0. The summed E-state index contributed by atoms with van der Waals surface area (Å²) in [6.07, 6.45) is 0.407. The van der Waals surface area contributed by atoms with Crippen LogP contribution in [0.1, 0.15) is 29.2 Å². The molecule has 1 aliphatic heterocycles. The number of hydrogen-bond donors (Lipinski definition) is 2. The molecule has 1 aliphatic rings. The number of rotatable bonds is 4. The third kappa shape index (κ3) is 3.42. The van der Waals surface area contributed by atoms with E-state index in [0.717, 1.165) is 0 Å². The second-order valence-electron chi connectivity index (χ2n) is 6.69. The summed E-state index contributed by atoms with van der Waals surface area (Å²) in [5, 5.41) is 13.3. The summed E-state index contributed by atoms with van der Waals surface area (Å²) < 4.78 is 54.7. The second kappa shape index (κ2) is 7.00. The Labute approximate surface area is 159 Å². The molecule has 0 unspecified atom stereocenters. The summed E-state index contributed by atoms with van der Waals surface area (Å²) in [5.41, 5.74) is 1.77. The highest BCUT2D eigenvalue weighted by molar-refractivity contribution is 7.89. The van der Waals surface area contributed by atoms with Crippen LogP contribution >= 0.6 is 0 Å². The van der Waals surface area contributed by atoms with E-state index in [1.165, 1.54) is 8.61 Å². The molecule has 12 heteroatoms. The lowest BCUT2D eigenvalue weighted by Gasteiger charge is -2.22. The van der Waals surface area contributed by atoms with E-state index in [9.17, 15) is 16.8 Å². The van der Waals surface area contributed by atoms with Crippen molar-refractivity contribution >= 4 is 20.0 Å². The van der Waals surface area contributed by atoms with Crippen molar-refractivity contribution in [1.29, 1.82) is 0 Å². The fourth-order valence-electron chi connectivity index (χ4n) is 3.45. The fourth-order valence-corrected chi connectivity index (χ4v) is 7.05. The van der Waals surface area contributed by atoms with Crippen LogP contribution in [0.5, 0.6) is 0 Å². The molecule has 2 aromatic rings. The zero-order valence-corrected chi connectivity index (χ0v) is 17.4. The van der Waals surface area contributed by atoms with Crippen molar-refractivity contribution < 1.29 is 16.8 Å². The second-order valence-corrected chi connectivity index (χ2v) is 10.4. The van der Waals surface area contributed by atoms with Crippen LogP contribution in [0.25, 0.3) is 0 Å². The number of aromatic nitrogens is 4. The van der Waals surface area contributed by atoms with Crippen molar-refractivity contribution in [2.45, 2.75) is 43.9 Å². The van der Waals surface area contributed by atoms with Gasteiger partial charge in [0.2, 0.25) is 20.0 Å². The molecule has 1 saturated heterocycles. The molecule has 3 heterocycles.